The van der Waals surface area contributed by atoms with Crippen LogP contribution in [0.2, 0.25) is 0 Å². The third-order valence-corrected chi connectivity index (χ3v) is 7.65. The molecule has 0 heterocycles. The monoisotopic (exact) mass is 464 g/mol. The van der Waals surface area contributed by atoms with E-state index < -0.39 is 0 Å². The molecule has 1 heteroatoms. The van der Waals surface area contributed by atoms with E-state index in [1.807, 2.05) is 0 Å². The summed E-state index contributed by atoms with van der Waals surface area (Å²) >= 11 is 1.75. The smallest absolute Gasteiger partial charge is 0.0625 e. The van der Waals surface area contributed by atoms with Crippen LogP contribution in [0.15, 0.2) is 119 Å². The van der Waals surface area contributed by atoms with Gasteiger partial charge in [-0.15, -0.1) is 0 Å². The molecular formula is C34H24S. The number of rotatable bonds is 4. The van der Waals surface area contributed by atoms with Gasteiger partial charge in [0.05, 0.1) is 4.90 Å². The summed E-state index contributed by atoms with van der Waals surface area (Å²) in [5, 5.41) is 5.08. The van der Waals surface area contributed by atoms with Crippen LogP contribution in [0, 0.1) is 26.0 Å². The first-order valence-corrected chi connectivity index (χ1v) is 12.7. The van der Waals surface area contributed by atoms with Crippen LogP contribution in [0.4, 0.5) is 0 Å². The normalized spacial score (nSPS) is 11.0. The van der Waals surface area contributed by atoms with Crippen LogP contribution < -0.4 is 0 Å². The molecule has 0 radical (unpaired) electrons. The number of hydrogen-bond donors (Lipinski definition) is 0. The molecule has 0 saturated heterocycles. The van der Waals surface area contributed by atoms with E-state index in [1.165, 1.54) is 54.3 Å². The molecule has 0 atom stereocenters. The Morgan fingerprint density at radius 3 is 1.89 bits per heavy atom. The highest BCUT2D eigenvalue weighted by atomic mass is 32.2. The van der Waals surface area contributed by atoms with Crippen LogP contribution in [0.25, 0.3) is 43.8 Å². The summed E-state index contributed by atoms with van der Waals surface area (Å²) in [4.78, 5) is 2.30. The molecule has 35 heavy (non-hydrogen) atoms. The van der Waals surface area contributed by atoms with E-state index in [2.05, 4.69) is 135 Å². The Bertz CT molecular complexity index is 1660. The molecule has 166 valence electrons. The van der Waals surface area contributed by atoms with Gasteiger partial charge in [-0.3, -0.25) is 0 Å². The van der Waals surface area contributed by atoms with E-state index in [4.69, 9.17) is 0 Å². The van der Waals surface area contributed by atoms with E-state index in [9.17, 15) is 0 Å². The Labute approximate surface area is 211 Å². The third kappa shape index (κ3) is 4.08. The average molecular weight is 465 g/mol. The van der Waals surface area contributed by atoms with Crippen LogP contribution in [-0.2, 0) is 0 Å². The molecule has 0 nitrogen and oxygen atoms in total. The molecule has 0 spiro atoms. The first-order valence-electron chi connectivity index (χ1n) is 11.9. The number of benzene rings is 5. The van der Waals surface area contributed by atoms with Crippen LogP contribution in [0.3, 0.4) is 0 Å². The first kappa shape index (κ1) is 21.5. The van der Waals surface area contributed by atoms with Gasteiger partial charge < -0.3 is 0 Å². The molecular weight excluding hydrogens is 440 g/mol. The van der Waals surface area contributed by atoms with Gasteiger partial charge in [0.1, 0.15) is 0 Å². The van der Waals surface area contributed by atoms with Crippen LogP contribution in [-0.4, -0.2) is 0 Å². The van der Waals surface area contributed by atoms with Gasteiger partial charge in [-0.05, 0) is 75.8 Å². The number of hydrogen-bond acceptors (Lipinski definition) is 1. The molecule has 0 aliphatic carbocycles. The van der Waals surface area contributed by atoms with E-state index in [0.717, 1.165) is 10.5 Å². The van der Waals surface area contributed by atoms with Crippen molar-refractivity contribution in [3.63, 3.8) is 0 Å². The predicted octanol–water partition coefficient (Wildman–Crippen LogP) is 9.70. The molecule has 0 unspecified atom stereocenters. The van der Waals surface area contributed by atoms with E-state index >= 15 is 0 Å². The number of fused-ring (bicyclic) bond motifs is 2. The second-order valence-corrected chi connectivity index (χ2v) is 10.0. The van der Waals surface area contributed by atoms with Crippen molar-refractivity contribution in [3.8, 4) is 22.3 Å². The van der Waals surface area contributed by atoms with Crippen LogP contribution in [0.5, 0.6) is 0 Å². The lowest BCUT2D eigenvalue weighted by atomic mass is 9.96. The molecule has 0 N–H and O–H groups in total. The lowest BCUT2D eigenvalue weighted by Gasteiger charge is -2.11. The minimum absolute atomic E-state index is 1.07. The summed E-state index contributed by atoms with van der Waals surface area (Å²) in [7, 11) is 0. The molecule has 0 aliphatic rings. The van der Waals surface area contributed by atoms with Gasteiger partial charge in [-0.25, -0.2) is 0 Å². The van der Waals surface area contributed by atoms with Crippen molar-refractivity contribution >= 4 is 33.3 Å². The van der Waals surface area contributed by atoms with Gasteiger partial charge >= 0.3 is 0 Å². The van der Waals surface area contributed by atoms with Gasteiger partial charge in [0.25, 0.3) is 0 Å². The fraction of sp³-hybridized carbons (Fsp3) is 0.0588. The predicted molar refractivity (Wildman–Crippen MR) is 150 cm³/mol. The molecule has 6 rings (SSSR count). The fourth-order valence-electron chi connectivity index (χ4n) is 4.74. The Morgan fingerprint density at radius 2 is 1.17 bits per heavy atom. The highest BCUT2D eigenvalue weighted by molar-refractivity contribution is 7.99. The van der Waals surface area contributed by atoms with Crippen molar-refractivity contribution in [2.45, 2.75) is 23.6 Å². The maximum atomic E-state index is 3.43. The van der Waals surface area contributed by atoms with Gasteiger partial charge in [0.15, 0.2) is 0 Å². The third-order valence-electron chi connectivity index (χ3n) is 6.62. The van der Waals surface area contributed by atoms with Crippen molar-refractivity contribution in [1.82, 2.24) is 0 Å². The Balaban J connectivity index is 1.35. The zero-order chi connectivity index (χ0) is 23.8. The Morgan fingerprint density at radius 1 is 0.514 bits per heavy atom. The summed E-state index contributed by atoms with van der Waals surface area (Å²) in [6.45, 7) is 4.29. The summed E-state index contributed by atoms with van der Waals surface area (Å²) in [6.07, 6.45) is 0. The van der Waals surface area contributed by atoms with Crippen LogP contribution >= 0.6 is 11.8 Å². The number of aryl methyl sites for hydroxylation is 2. The highest BCUT2D eigenvalue weighted by Crippen LogP contribution is 2.38. The lowest BCUT2D eigenvalue weighted by Crippen LogP contribution is -1.85. The molecule has 0 saturated carbocycles. The largest absolute Gasteiger partial charge is 0.0802 e. The standard InChI is InChI=1S/C34H24S/c1-23-11-14-25(15-12-23)30-21-22-34(33-10-6-5-9-32(30)33)35-27-18-16-26(17-19-27)29-20-13-24(2)28-7-3-4-8-31(28)29/h3-16,18,20-22H,1-2H3. The zero-order valence-electron chi connectivity index (χ0n) is 19.8. The van der Waals surface area contributed by atoms with Gasteiger partial charge in [-0.1, -0.05) is 120 Å². The molecule has 0 amide bonds. The van der Waals surface area contributed by atoms with Crippen LogP contribution in [0.1, 0.15) is 11.1 Å². The maximum Gasteiger partial charge on any atom is 0.0625 e. The van der Waals surface area contributed by atoms with Crippen molar-refractivity contribution in [2.24, 2.45) is 0 Å². The van der Waals surface area contributed by atoms with Crippen molar-refractivity contribution in [3.05, 3.63) is 132 Å². The zero-order valence-corrected chi connectivity index (χ0v) is 20.6. The first-order chi connectivity index (χ1) is 17.2. The molecule has 0 aromatic heterocycles. The molecule has 0 aliphatic heterocycles. The van der Waals surface area contributed by atoms with Gasteiger partial charge in [-0.2, -0.15) is 0 Å². The van der Waals surface area contributed by atoms with E-state index in [1.54, 1.807) is 11.8 Å². The van der Waals surface area contributed by atoms with Gasteiger partial charge in [0.2, 0.25) is 0 Å². The van der Waals surface area contributed by atoms with E-state index in [0.29, 0.717) is 0 Å². The topological polar surface area (TPSA) is 0 Å². The van der Waals surface area contributed by atoms with Crippen molar-refractivity contribution in [1.29, 1.82) is 0 Å². The molecule has 0 fully saturated rings. The van der Waals surface area contributed by atoms with Crippen molar-refractivity contribution in [2.75, 3.05) is 0 Å². The fourth-order valence-corrected chi connectivity index (χ4v) is 5.64. The minimum Gasteiger partial charge on any atom is -0.0802 e. The van der Waals surface area contributed by atoms with Crippen molar-refractivity contribution < 1.29 is 0 Å². The molecule has 0 bridgehead atoms. The molecule has 6 aromatic carbocycles. The second kappa shape index (κ2) is 8.99. The van der Waals surface area contributed by atoms with Gasteiger partial charge in [0, 0.05) is 10.5 Å². The Hall–Kier alpha value is -3.99. The highest BCUT2D eigenvalue weighted by Gasteiger charge is 2.10. The SMILES string of the molecule is Cc1ccc(-c2ccc(Sc3c#cc(-c4ccc(C)c5ccccc45)cc3)c3ccccc23)cc1. The van der Waals surface area contributed by atoms with E-state index in [-0.39, 0.29) is 0 Å². The summed E-state index contributed by atoms with van der Waals surface area (Å²) in [6, 6.07) is 46.1. The summed E-state index contributed by atoms with van der Waals surface area (Å²) < 4.78 is 0. The lowest BCUT2D eigenvalue weighted by molar-refractivity contribution is 1.44. The average Bonchev–Trinajstić information content (AvgIpc) is 2.91. The summed E-state index contributed by atoms with van der Waals surface area (Å²) in [5.74, 6) is 0. The quantitative estimate of drug-likeness (QED) is 0.250. The second-order valence-electron chi connectivity index (χ2n) is 8.96. The molecule has 6 aromatic rings. The Kier molecular flexibility index (Phi) is 5.53. The summed E-state index contributed by atoms with van der Waals surface area (Å²) in [5.41, 5.74) is 7.36. The minimum atomic E-state index is 1.07. The maximum absolute atomic E-state index is 3.43.